The molecule has 20 heavy (non-hydrogen) atoms. The second-order valence-electron chi connectivity index (χ2n) is 5.01. The van der Waals surface area contributed by atoms with E-state index in [1.807, 2.05) is 35.2 Å². The molecule has 2 aromatic rings. The van der Waals surface area contributed by atoms with Crippen molar-refractivity contribution in [1.29, 1.82) is 0 Å². The number of benzene rings is 1. The summed E-state index contributed by atoms with van der Waals surface area (Å²) in [5.41, 5.74) is -0.264. The van der Waals surface area contributed by atoms with Gasteiger partial charge in [0.05, 0.1) is 5.60 Å². The fraction of sp³-hybridized carbons (Fsp3) is 0.357. The van der Waals surface area contributed by atoms with E-state index < -0.39 is 11.3 Å². The maximum atomic E-state index is 11.2. The quantitative estimate of drug-likeness (QED) is 0.839. The van der Waals surface area contributed by atoms with Gasteiger partial charge in [0.25, 0.3) is 0 Å². The lowest BCUT2D eigenvalue weighted by Gasteiger charge is -2.38. The molecule has 0 amide bonds. The Morgan fingerprint density at radius 3 is 2.50 bits per heavy atom. The van der Waals surface area contributed by atoms with Crippen molar-refractivity contribution in [2.24, 2.45) is 0 Å². The molecule has 2 N–H and O–H groups in total. The minimum atomic E-state index is -0.801. The lowest BCUT2D eigenvalue weighted by molar-refractivity contribution is 0.0115. The summed E-state index contributed by atoms with van der Waals surface area (Å²) in [7, 11) is 0. The van der Waals surface area contributed by atoms with Gasteiger partial charge in [0.1, 0.15) is 6.33 Å². The SMILES string of the molecule is O=c1ncnc(N2CCC(O)(c3ccccc3)CC2)[nH]1. The Bertz CT molecular complexity index is 633. The van der Waals surface area contributed by atoms with Crippen molar-refractivity contribution in [1.82, 2.24) is 15.0 Å². The first-order valence-corrected chi connectivity index (χ1v) is 6.62. The summed E-state index contributed by atoms with van der Waals surface area (Å²) in [6.45, 7) is 1.27. The number of hydrogen-bond acceptors (Lipinski definition) is 5. The molecule has 0 spiro atoms. The molecule has 1 aromatic carbocycles. The second kappa shape index (κ2) is 5.05. The Kier molecular flexibility index (Phi) is 3.23. The van der Waals surface area contributed by atoms with Gasteiger partial charge in [-0.2, -0.15) is 4.98 Å². The summed E-state index contributed by atoms with van der Waals surface area (Å²) < 4.78 is 0. The van der Waals surface area contributed by atoms with E-state index in [9.17, 15) is 9.90 Å². The fourth-order valence-electron chi connectivity index (χ4n) is 2.58. The first-order valence-electron chi connectivity index (χ1n) is 6.62. The van der Waals surface area contributed by atoms with E-state index >= 15 is 0 Å². The van der Waals surface area contributed by atoms with E-state index in [1.165, 1.54) is 6.33 Å². The number of aromatic nitrogens is 3. The zero-order valence-electron chi connectivity index (χ0n) is 11.0. The van der Waals surface area contributed by atoms with Gasteiger partial charge in [-0.05, 0) is 18.4 Å². The average molecular weight is 272 g/mol. The van der Waals surface area contributed by atoms with Gasteiger partial charge in [-0.1, -0.05) is 30.3 Å². The van der Waals surface area contributed by atoms with Crippen LogP contribution < -0.4 is 10.6 Å². The van der Waals surface area contributed by atoms with Gasteiger partial charge in [-0.3, -0.25) is 4.98 Å². The van der Waals surface area contributed by atoms with E-state index in [4.69, 9.17) is 0 Å². The third-order valence-electron chi connectivity index (χ3n) is 3.78. The number of nitrogens with one attached hydrogen (secondary N) is 1. The molecule has 6 heteroatoms. The van der Waals surface area contributed by atoms with Gasteiger partial charge < -0.3 is 10.0 Å². The van der Waals surface area contributed by atoms with Gasteiger partial charge in [-0.25, -0.2) is 9.78 Å². The van der Waals surface area contributed by atoms with Gasteiger partial charge in [0.15, 0.2) is 0 Å². The predicted octanol–water partition coefficient (Wildman–Crippen LogP) is 0.653. The molecule has 1 aliphatic rings. The van der Waals surface area contributed by atoms with Crippen LogP contribution in [0.1, 0.15) is 18.4 Å². The highest BCUT2D eigenvalue weighted by molar-refractivity contribution is 5.31. The lowest BCUT2D eigenvalue weighted by atomic mass is 9.84. The molecule has 1 aromatic heterocycles. The summed E-state index contributed by atoms with van der Waals surface area (Å²) in [5.74, 6) is 0.514. The Labute approximate surface area is 116 Å². The Morgan fingerprint density at radius 2 is 1.85 bits per heavy atom. The average Bonchev–Trinajstić information content (AvgIpc) is 2.49. The van der Waals surface area contributed by atoms with Crippen molar-refractivity contribution in [3.8, 4) is 0 Å². The molecule has 104 valence electrons. The van der Waals surface area contributed by atoms with E-state index in [1.54, 1.807) is 0 Å². The second-order valence-corrected chi connectivity index (χ2v) is 5.01. The molecule has 3 rings (SSSR count). The smallest absolute Gasteiger partial charge is 0.349 e. The number of aliphatic hydroxyl groups is 1. The van der Waals surface area contributed by atoms with Crippen molar-refractivity contribution < 1.29 is 5.11 Å². The van der Waals surface area contributed by atoms with Crippen LogP contribution in [0.3, 0.4) is 0 Å². The van der Waals surface area contributed by atoms with Gasteiger partial charge in [-0.15, -0.1) is 0 Å². The van der Waals surface area contributed by atoms with Crippen LogP contribution >= 0.6 is 0 Å². The first kappa shape index (κ1) is 12.8. The molecule has 0 bridgehead atoms. The molecule has 0 unspecified atom stereocenters. The summed E-state index contributed by atoms with van der Waals surface area (Å²) >= 11 is 0. The van der Waals surface area contributed by atoms with Crippen LogP contribution in [-0.2, 0) is 5.60 Å². The third kappa shape index (κ3) is 2.42. The molecule has 2 heterocycles. The van der Waals surface area contributed by atoms with Crippen molar-refractivity contribution >= 4 is 5.95 Å². The molecule has 0 radical (unpaired) electrons. The fourth-order valence-corrected chi connectivity index (χ4v) is 2.58. The van der Waals surface area contributed by atoms with Crippen LogP contribution in [0.4, 0.5) is 5.95 Å². The number of anilines is 1. The van der Waals surface area contributed by atoms with Crippen LogP contribution in [0.25, 0.3) is 0 Å². The Hall–Kier alpha value is -2.21. The molecular weight excluding hydrogens is 256 g/mol. The molecule has 1 saturated heterocycles. The standard InChI is InChI=1S/C14H16N4O2/c19-13-16-10-15-12(17-13)18-8-6-14(20,7-9-18)11-4-2-1-3-5-11/h1-5,10,20H,6-9H2,(H,15,16,17,19). The van der Waals surface area contributed by atoms with Crippen LogP contribution in [0.2, 0.25) is 0 Å². The van der Waals surface area contributed by atoms with Crippen molar-refractivity contribution in [3.05, 3.63) is 52.7 Å². The lowest BCUT2D eigenvalue weighted by Crippen LogP contribution is -2.43. The molecule has 0 aliphatic carbocycles. The maximum Gasteiger partial charge on any atom is 0.349 e. The Balaban J connectivity index is 1.75. The van der Waals surface area contributed by atoms with Gasteiger partial charge >= 0.3 is 5.69 Å². The zero-order chi connectivity index (χ0) is 14.0. The van der Waals surface area contributed by atoms with Crippen molar-refractivity contribution in [2.75, 3.05) is 18.0 Å². The highest BCUT2D eigenvalue weighted by Crippen LogP contribution is 2.33. The molecule has 6 nitrogen and oxygen atoms in total. The van der Waals surface area contributed by atoms with E-state index in [0.717, 1.165) is 5.56 Å². The van der Waals surface area contributed by atoms with Crippen LogP contribution in [0.15, 0.2) is 41.5 Å². The number of aromatic amines is 1. The van der Waals surface area contributed by atoms with Gasteiger partial charge in [0.2, 0.25) is 5.95 Å². The molecular formula is C14H16N4O2. The number of piperidine rings is 1. The van der Waals surface area contributed by atoms with Gasteiger partial charge in [0, 0.05) is 13.1 Å². The highest BCUT2D eigenvalue weighted by Gasteiger charge is 2.34. The molecule has 1 fully saturated rings. The largest absolute Gasteiger partial charge is 0.385 e. The Morgan fingerprint density at radius 1 is 1.15 bits per heavy atom. The minimum Gasteiger partial charge on any atom is -0.385 e. The zero-order valence-corrected chi connectivity index (χ0v) is 11.0. The first-order chi connectivity index (χ1) is 9.67. The van der Waals surface area contributed by atoms with Crippen LogP contribution in [0.5, 0.6) is 0 Å². The van der Waals surface area contributed by atoms with Crippen molar-refractivity contribution in [3.63, 3.8) is 0 Å². The van der Waals surface area contributed by atoms with Crippen LogP contribution in [-0.4, -0.2) is 33.1 Å². The predicted molar refractivity (Wildman–Crippen MR) is 74.4 cm³/mol. The van der Waals surface area contributed by atoms with E-state index in [-0.39, 0.29) is 0 Å². The summed E-state index contributed by atoms with van der Waals surface area (Å²) in [5, 5.41) is 10.7. The number of nitrogens with zero attached hydrogens (tertiary/aromatic N) is 3. The molecule has 1 aliphatic heterocycles. The van der Waals surface area contributed by atoms with Crippen LogP contribution in [0, 0.1) is 0 Å². The summed E-state index contributed by atoms with van der Waals surface area (Å²) in [6, 6.07) is 9.70. The number of H-pyrrole nitrogens is 1. The maximum absolute atomic E-state index is 11.2. The topological polar surface area (TPSA) is 82.1 Å². The monoisotopic (exact) mass is 272 g/mol. The molecule has 0 atom stereocenters. The highest BCUT2D eigenvalue weighted by atomic mass is 16.3. The van der Waals surface area contributed by atoms with E-state index in [0.29, 0.717) is 31.9 Å². The van der Waals surface area contributed by atoms with E-state index in [2.05, 4.69) is 15.0 Å². The van der Waals surface area contributed by atoms with Crippen molar-refractivity contribution in [2.45, 2.75) is 18.4 Å². The number of rotatable bonds is 2. The minimum absolute atomic E-state index is 0.404. The summed E-state index contributed by atoms with van der Waals surface area (Å²) in [4.78, 5) is 23.3. The number of hydrogen-bond donors (Lipinski definition) is 2. The molecule has 0 saturated carbocycles. The summed E-state index contributed by atoms with van der Waals surface area (Å²) in [6.07, 6.45) is 2.46. The third-order valence-corrected chi connectivity index (χ3v) is 3.78. The normalized spacial score (nSPS) is 17.9.